The number of H-pyrrole nitrogens is 1. The Hall–Kier alpha value is -0.800. The zero-order valence-corrected chi connectivity index (χ0v) is 7.25. The van der Waals surface area contributed by atoms with Crippen molar-refractivity contribution >= 4 is 34.2 Å². The first kappa shape index (κ1) is 7.83. The van der Waals surface area contributed by atoms with Crippen molar-refractivity contribution in [2.75, 3.05) is 0 Å². The van der Waals surface area contributed by atoms with Gasteiger partial charge in [0.05, 0.1) is 10.5 Å². The zero-order valence-electron chi connectivity index (χ0n) is 5.74. The molecule has 2 aromatic rings. The SMILES string of the molecule is Fc1c(Cl)ccc2[nH]c(Cl)nc12. The van der Waals surface area contributed by atoms with Crippen molar-refractivity contribution in [2.45, 2.75) is 0 Å². The van der Waals surface area contributed by atoms with Crippen LogP contribution < -0.4 is 0 Å². The summed E-state index contributed by atoms with van der Waals surface area (Å²) >= 11 is 11.1. The summed E-state index contributed by atoms with van der Waals surface area (Å²) in [5, 5.41) is 0.205. The maximum Gasteiger partial charge on any atom is 0.201 e. The van der Waals surface area contributed by atoms with Crippen LogP contribution in [0.25, 0.3) is 11.0 Å². The topological polar surface area (TPSA) is 28.7 Å². The molecule has 1 aromatic carbocycles. The van der Waals surface area contributed by atoms with Gasteiger partial charge in [-0.1, -0.05) is 11.6 Å². The highest BCUT2D eigenvalue weighted by Gasteiger charge is 2.08. The van der Waals surface area contributed by atoms with Crippen LogP contribution in [0.3, 0.4) is 0 Å². The Morgan fingerprint density at radius 3 is 2.83 bits per heavy atom. The predicted molar refractivity (Wildman–Crippen MR) is 46.1 cm³/mol. The first-order chi connectivity index (χ1) is 5.68. The molecule has 2 nitrogen and oxygen atoms in total. The molecule has 0 fully saturated rings. The monoisotopic (exact) mass is 204 g/mol. The lowest BCUT2D eigenvalue weighted by molar-refractivity contribution is 0.638. The third-order valence-corrected chi connectivity index (χ3v) is 1.99. The van der Waals surface area contributed by atoms with Crippen molar-refractivity contribution in [3.8, 4) is 0 Å². The molecule has 62 valence electrons. The number of halogens is 3. The van der Waals surface area contributed by atoms with Gasteiger partial charge in [-0.15, -0.1) is 0 Å². The average molecular weight is 205 g/mol. The lowest BCUT2D eigenvalue weighted by Crippen LogP contribution is -1.78. The van der Waals surface area contributed by atoms with Gasteiger partial charge in [0, 0.05) is 0 Å². The smallest absolute Gasteiger partial charge is 0.201 e. The van der Waals surface area contributed by atoms with Crippen LogP contribution in [0.5, 0.6) is 0 Å². The van der Waals surface area contributed by atoms with E-state index >= 15 is 0 Å². The summed E-state index contributed by atoms with van der Waals surface area (Å²) in [6.45, 7) is 0. The molecular formula is C7H3Cl2FN2. The standard InChI is InChI=1S/C7H3Cl2FN2/c8-3-1-2-4-6(5(3)10)12-7(9)11-4/h1-2H,(H,11,12). The van der Waals surface area contributed by atoms with E-state index in [0.29, 0.717) is 5.52 Å². The summed E-state index contributed by atoms with van der Waals surface area (Å²) in [7, 11) is 0. The van der Waals surface area contributed by atoms with E-state index in [4.69, 9.17) is 23.2 Å². The van der Waals surface area contributed by atoms with Crippen LogP contribution in [0.15, 0.2) is 12.1 Å². The van der Waals surface area contributed by atoms with Crippen LogP contribution in [0, 0.1) is 5.82 Å². The molecule has 0 saturated heterocycles. The van der Waals surface area contributed by atoms with Crippen molar-refractivity contribution in [1.29, 1.82) is 0 Å². The Balaban J connectivity index is 2.89. The predicted octanol–water partition coefficient (Wildman–Crippen LogP) is 3.01. The largest absolute Gasteiger partial charge is 0.328 e. The summed E-state index contributed by atoms with van der Waals surface area (Å²) in [5.74, 6) is -0.544. The minimum absolute atomic E-state index is 0.0469. The molecule has 0 bridgehead atoms. The van der Waals surface area contributed by atoms with Crippen LogP contribution >= 0.6 is 23.2 Å². The van der Waals surface area contributed by atoms with E-state index in [1.165, 1.54) is 6.07 Å². The fraction of sp³-hybridized carbons (Fsp3) is 0. The molecule has 1 N–H and O–H groups in total. The normalized spacial score (nSPS) is 10.9. The molecule has 1 aromatic heterocycles. The number of aromatic nitrogens is 2. The quantitative estimate of drug-likeness (QED) is 0.703. The molecule has 1 heterocycles. The van der Waals surface area contributed by atoms with Crippen molar-refractivity contribution in [3.05, 3.63) is 28.3 Å². The fourth-order valence-electron chi connectivity index (χ4n) is 0.987. The van der Waals surface area contributed by atoms with Gasteiger partial charge in [-0.2, -0.15) is 0 Å². The number of aromatic amines is 1. The lowest BCUT2D eigenvalue weighted by Gasteiger charge is -1.92. The second kappa shape index (κ2) is 2.61. The molecular weight excluding hydrogens is 202 g/mol. The number of fused-ring (bicyclic) bond motifs is 1. The van der Waals surface area contributed by atoms with E-state index in [2.05, 4.69) is 9.97 Å². The van der Waals surface area contributed by atoms with Gasteiger partial charge in [-0.25, -0.2) is 9.37 Å². The van der Waals surface area contributed by atoms with E-state index in [1.54, 1.807) is 6.07 Å². The highest BCUT2D eigenvalue weighted by atomic mass is 35.5. The van der Waals surface area contributed by atoms with Gasteiger partial charge in [0.15, 0.2) is 5.82 Å². The number of nitrogens with one attached hydrogen (secondary N) is 1. The van der Waals surface area contributed by atoms with Crippen LogP contribution in [-0.4, -0.2) is 9.97 Å². The van der Waals surface area contributed by atoms with Gasteiger partial charge in [0.25, 0.3) is 0 Å². The number of hydrogen-bond donors (Lipinski definition) is 1. The average Bonchev–Trinajstić information content (AvgIpc) is 2.39. The number of hydrogen-bond acceptors (Lipinski definition) is 1. The van der Waals surface area contributed by atoms with E-state index in [1.807, 2.05) is 0 Å². The first-order valence-corrected chi connectivity index (χ1v) is 3.93. The third kappa shape index (κ3) is 1.06. The number of nitrogens with zero attached hydrogens (tertiary/aromatic N) is 1. The summed E-state index contributed by atoms with van der Waals surface area (Å²) in [5.41, 5.74) is 0.717. The second-order valence-corrected chi connectivity index (χ2v) is 3.05. The Kier molecular flexibility index (Phi) is 1.70. The van der Waals surface area contributed by atoms with Crippen molar-refractivity contribution < 1.29 is 4.39 Å². The Bertz CT molecular complexity index is 438. The molecule has 0 atom stereocenters. The Morgan fingerprint density at radius 2 is 2.08 bits per heavy atom. The van der Waals surface area contributed by atoms with Gasteiger partial charge in [-0.3, -0.25) is 0 Å². The second-order valence-electron chi connectivity index (χ2n) is 2.29. The number of rotatable bonds is 0. The molecule has 0 unspecified atom stereocenters. The van der Waals surface area contributed by atoms with Gasteiger partial charge >= 0.3 is 0 Å². The number of benzene rings is 1. The maximum atomic E-state index is 13.1. The first-order valence-electron chi connectivity index (χ1n) is 3.17. The highest BCUT2D eigenvalue weighted by molar-refractivity contribution is 6.32. The molecule has 0 aliphatic heterocycles. The Labute approximate surface area is 77.3 Å². The molecule has 0 spiro atoms. The Morgan fingerprint density at radius 1 is 1.33 bits per heavy atom. The van der Waals surface area contributed by atoms with Crippen LogP contribution in [-0.2, 0) is 0 Å². The van der Waals surface area contributed by atoms with Gasteiger partial charge in [0.1, 0.15) is 5.52 Å². The molecule has 0 aliphatic rings. The summed E-state index contributed by atoms with van der Waals surface area (Å²) in [6, 6.07) is 3.08. The zero-order chi connectivity index (χ0) is 8.72. The van der Waals surface area contributed by atoms with Crippen molar-refractivity contribution in [2.24, 2.45) is 0 Å². The highest BCUT2D eigenvalue weighted by Crippen LogP contribution is 2.23. The van der Waals surface area contributed by atoms with Gasteiger partial charge in [0.2, 0.25) is 5.28 Å². The molecule has 12 heavy (non-hydrogen) atoms. The van der Waals surface area contributed by atoms with E-state index < -0.39 is 5.82 Å². The molecule has 0 aliphatic carbocycles. The molecule has 0 amide bonds. The summed E-state index contributed by atoms with van der Waals surface area (Å²) < 4.78 is 13.1. The minimum Gasteiger partial charge on any atom is -0.328 e. The van der Waals surface area contributed by atoms with E-state index in [9.17, 15) is 4.39 Å². The number of imidazole rings is 1. The van der Waals surface area contributed by atoms with Crippen LogP contribution in [0.1, 0.15) is 0 Å². The van der Waals surface area contributed by atoms with Crippen LogP contribution in [0.2, 0.25) is 10.3 Å². The molecule has 2 rings (SSSR count). The van der Waals surface area contributed by atoms with E-state index in [0.717, 1.165) is 0 Å². The van der Waals surface area contributed by atoms with E-state index in [-0.39, 0.29) is 15.8 Å². The van der Waals surface area contributed by atoms with Gasteiger partial charge < -0.3 is 4.98 Å². The van der Waals surface area contributed by atoms with Crippen molar-refractivity contribution in [1.82, 2.24) is 9.97 Å². The van der Waals surface area contributed by atoms with Crippen LogP contribution in [0.4, 0.5) is 4.39 Å². The molecule has 5 heteroatoms. The maximum absolute atomic E-state index is 13.1. The van der Waals surface area contributed by atoms with Gasteiger partial charge in [-0.05, 0) is 23.7 Å². The molecule has 0 saturated carbocycles. The molecule has 0 radical (unpaired) electrons. The van der Waals surface area contributed by atoms with Crippen molar-refractivity contribution in [3.63, 3.8) is 0 Å². The fourth-order valence-corrected chi connectivity index (χ4v) is 1.33. The minimum atomic E-state index is -0.544. The summed E-state index contributed by atoms with van der Waals surface area (Å²) in [6.07, 6.45) is 0. The third-order valence-electron chi connectivity index (χ3n) is 1.52. The summed E-state index contributed by atoms with van der Waals surface area (Å²) in [4.78, 5) is 6.41. The lowest BCUT2D eigenvalue weighted by atomic mass is 10.3.